The average molecular weight is 461 g/mol. The number of nitrogens with zero attached hydrogens (tertiary/aromatic N) is 1. The van der Waals surface area contributed by atoms with Gasteiger partial charge in [0.1, 0.15) is 18.5 Å². The van der Waals surface area contributed by atoms with Gasteiger partial charge in [0.2, 0.25) is 15.9 Å². The molecule has 1 aliphatic rings. The van der Waals surface area contributed by atoms with Gasteiger partial charge in [-0.25, -0.2) is 19.0 Å². The fourth-order valence-corrected chi connectivity index (χ4v) is 3.10. The van der Waals surface area contributed by atoms with Crippen LogP contribution in [0.1, 0.15) is 28.8 Å². The van der Waals surface area contributed by atoms with Crippen LogP contribution in [0.15, 0.2) is 58.5 Å². The van der Waals surface area contributed by atoms with Crippen molar-refractivity contribution in [2.24, 2.45) is 10.2 Å². The van der Waals surface area contributed by atoms with Gasteiger partial charge in [0.15, 0.2) is 0 Å². The maximum Gasteiger partial charge on any atom is 0.251 e. The van der Waals surface area contributed by atoms with E-state index in [4.69, 9.17) is 14.6 Å². The van der Waals surface area contributed by atoms with E-state index in [9.17, 15) is 18.0 Å². The number of amides is 2. The number of carbonyl (C=O) groups excluding carboxylic acids is 2. The molecule has 1 aliphatic heterocycles. The van der Waals surface area contributed by atoms with E-state index in [1.165, 1.54) is 30.5 Å². The Labute approximate surface area is 185 Å². The second-order valence-corrected chi connectivity index (χ2v) is 8.62. The van der Waals surface area contributed by atoms with E-state index < -0.39 is 10.0 Å². The highest BCUT2D eigenvalue weighted by atomic mass is 32.2. The summed E-state index contributed by atoms with van der Waals surface area (Å²) in [5, 5.41) is 11.6. The van der Waals surface area contributed by atoms with Gasteiger partial charge >= 0.3 is 0 Å². The molecule has 3 rings (SSSR count). The molecule has 10 nitrogen and oxygen atoms in total. The highest BCUT2D eigenvalue weighted by Crippen LogP contribution is 2.15. The number of nitrogens with two attached hydrogens (primary N) is 1. The fourth-order valence-electron chi connectivity index (χ4n) is 2.59. The maximum atomic E-state index is 12.0. The Kier molecular flexibility index (Phi) is 7.92. The Hall–Kier alpha value is -3.28. The molecule has 32 heavy (non-hydrogen) atoms. The minimum atomic E-state index is -3.80. The van der Waals surface area contributed by atoms with E-state index in [1.54, 1.807) is 0 Å². The van der Waals surface area contributed by atoms with E-state index in [0.29, 0.717) is 18.6 Å². The van der Waals surface area contributed by atoms with Gasteiger partial charge in [0.05, 0.1) is 17.7 Å². The van der Waals surface area contributed by atoms with Gasteiger partial charge in [-0.2, -0.15) is 5.10 Å². The molecular formula is C21H24N4O6S. The first-order valence-corrected chi connectivity index (χ1v) is 11.4. The number of epoxide rings is 1. The first kappa shape index (κ1) is 23.4. The molecule has 170 valence electrons. The summed E-state index contributed by atoms with van der Waals surface area (Å²) >= 11 is 0. The van der Waals surface area contributed by atoms with Crippen LogP contribution in [0.3, 0.4) is 0 Å². The van der Waals surface area contributed by atoms with Crippen molar-refractivity contribution < 1.29 is 27.5 Å². The lowest BCUT2D eigenvalue weighted by atomic mass is 10.2. The first-order chi connectivity index (χ1) is 15.3. The smallest absolute Gasteiger partial charge is 0.251 e. The van der Waals surface area contributed by atoms with Crippen LogP contribution in [-0.4, -0.2) is 52.3 Å². The Morgan fingerprint density at radius 3 is 2.47 bits per heavy atom. The third-order valence-corrected chi connectivity index (χ3v) is 5.36. The monoisotopic (exact) mass is 460 g/mol. The molecular weight excluding hydrogens is 436 g/mol. The van der Waals surface area contributed by atoms with E-state index in [-0.39, 0.29) is 35.8 Å². The second kappa shape index (κ2) is 10.8. The molecule has 1 saturated heterocycles. The van der Waals surface area contributed by atoms with Gasteiger partial charge in [-0.3, -0.25) is 9.59 Å². The van der Waals surface area contributed by atoms with Crippen LogP contribution in [-0.2, 0) is 19.6 Å². The number of sulfonamides is 1. The molecule has 2 aromatic carbocycles. The number of primary sulfonamides is 1. The Balaban J connectivity index is 1.32. The van der Waals surface area contributed by atoms with Crippen molar-refractivity contribution in [3.63, 3.8) is 0 Å². The summed E-state index contributed by atoms with van der Waals surface area (Å²) in [6.07, 6.45) is 2.32. The standard InChI is InChI=1S/C21H24N4O6S/c22-32(28,29)19-9-5-16(6-10-19)21(27)23-11-1-2-20(26)25-24-12-15-3-7-17(8-4-15)30-13-18-14-31-18/h3-10,12,18H,1-2,11,13-14H2,(H,23,27)(H,25,26)(H2,22,28,29)/b24-12+. The van der Waals surface area contributed by atoms with Gasteiger partial charge in [0.25, 0.3) is 5.91 Å². The molecule has 11 heteroatoms. The molecule has 0 bridgehead atoms. The maximum absolute atomic E-state index is 12.0. The van der Waals surface area contributed by atoms with Crippen LogP contribution < -0.4 is 20.6 Å². The van der Waals surface area contributed by atoms with E-state index in [2.05, 4.69) is 15.8 Å². The molecule has 0 aliphatic carbocycles. The lowest BCUT2D eigenvalue weighted by Gasteiger charge is -2.06. The average Bonchev–Trinajstić information content (AvgIpc) is 3.60. The third-order valence-electron chi connectivity index (χ3n) is 4.43. The summed E-state index contributed by atoms with van der Waals surface area (Å²) in [6.45, 7) is 1.56. The van der Waals surface area contributed by atoms with Crippen molar-refractivity contribution in [3.05, 3.63) is 59.7 Å². The molecule has 1 unspecified atom stereocenters. The number of nitrogens with one attached hydrogen (secondary N) is 2. The van der Waals surface area contributed by atoms with E-state index >= 15 is 0 Å². The lowest BCUT2D eigenvalue weighted by molar-refractivity contribution is -0.121. The summed E-state index contributed by atoms with van der Waals surface area (Å²) in [6, 6.07) is 12.5. The molecule has 4 N–H and O–H groups in total. The summed E-state index contributed by atoms with van der Waals surface area (Å²) in [4.78, 5) is 23.8. The van der Waals surface area contributed by atoms with Crippen molar-refractivity contribution >= 4 is 28.1 Å². The van der Waals surface area contributed by atoms with Gasteiger partial charge in [-0.05, 0) is 60.5 Å². The number of hydrogen-bond donors (Lipinski definition) is 3. The Bertz CT molecular complexity index is 1060. The highest BCUT2D eigenvalue weighted by molar-refractivity contribution is 7.89. The molecule has 0 radical (unpaired) electrons. The third kappa shape index (κ3) is 7.76. The Morgan fingerprint density at radius 1 is 1.16 bits per heavy atom. The molecule has 1 fully saturated rings. The van der Waals surface area contributed by atoms with Gasteiger partial charge in [-0.1, -0.05) is 0 Å². The topological polar surface area (TPSA) is 152 Å². The quantitative estimate of drug-likeness (QED) is 0.195. The molecule has 0 spiro atoms. The number of benzene rings is 2. The molecule has 2 amide bonds. The van der Waals surface area contributed by atoms with Gasteiger partial charge in [-0.15, -0.1) is 0 Å². The predicted molar refractivity (Wildman–Crippen MR) is 117 cm³/mol. The fraction of sp³-hybridized carbons (Fsp3) is 0.286. The summed E-state index contributed by atoms with van der Waals surface area (Å²) in [7, 11) is -3.80. The second-order valence-electron chi connectivity index (χ2n) is 7.06. The Morgan fingerprint density at radius 2 is 1.84 bits per heavy atom. The number of carbonyl (C=O) groups is 2. The number of ether oxygens (including phenoxy) is 2. The highest BCUT2D eigenvalue weighted by Gasteiger charge is 2.22. The normalized spacial score (nSPS) is 15.3. The molecule has 1 heterocycles. The summed E-state index contributed by atoms with van der Waals surface area (Å²) < 4.78 is 33.1. The lowest BCUT2D eigenvalue weighted by Crippen LogP contribution is -2.26. The van der Waals surface area contributed by atoms with Crippen molar-refractivity contribution in [1.82, 2.24) is 10.7 Å². The van der Waals surface area contributed by atoms with Crippen LogP contribution in [0.4, 0.5) is 0 Å². The largest absolute Gasteiger partial charge is 0.491 e. The minimum absolute atomic E-state index is 0.0702. The van der Waals surface area contributed by atoms with Crippen LogP contribution >= 0.6 is 0 Å². The van der Waals surface area contributed by atoms with Crippen molar-refractivity contribution in [3.8, 4) is 5.75 Å². The van der Waals surface area contributed by atoms with Crippen molar-refractivity contribution in [1.29, 1.82) is 0 Å². The van der Waals surface area contributed by atoms with E-state index in [1.807, 2.05) is 24.3 Å². The number of rotatable bonds is 11. The molecule has 2 aromatic rings. The van der Waals surface area contributed by atoms with Crippen LogP contribution in [0.25, 0.3) is 0 Å². The minimum Gasteiger partial charge on any atom is -0.491 e. The van der Waals surface area contributed by atoms with Crippen molar-refractivity contribution in [2.45, 2.75) is 23.8 Å². The SMILES string of the molecule is NS(=O)(=O)c1ccc(C(=O)NCCCC(=O)N/N=C/c2ccc(OCC3CO3)cc2)cc1. The van der Waals surface area contributed by atoms with Gasteiger partial charge in [0, 0.05) is 18.5 Å². The first-order valence-electron chi connectivity index (χ1n) is 9.89. The summed E-state index contributed by atoms with van der Waals surface area (Å²) in [5.41, 5.74) is 3.54. The van der Waals surface area contributed by atoms with Gasteiger partial charge < -0.3 is 14.8 Å². The molecule has 0 saturated carbocycles. The van der Waals surface area contributed by atoms with Crippen LogP contribution in [0.5, 0.6) is 5.75 Å². The van der Waals surface area contributed by atoms with Crippen LogP contribution in [0, 0.1) is 0 Å². The number of hydrogen-bond acceptors (Lipinski definition) is 7. The number of hydrazone groups is 1. The van der Waals surface area contributed by atoms with E-state index in [0.717, 1.165) is 17.9 Å². The molecule has 1 atom stereocenters. The van der Waals surface area contributed by atoms with Crippen molar-refractivity contribution in [2.75, 3.05) is 19.8 Å². The predicted octanol–water partition coefficient (Wildman–Crippen LogP) is 0.772. The molecule has 0 aromatic heterocycles. The zero-order valence-corrected chi connectivity index (χ0v) is 18.0. The zero-order valence-electron chi connectivity index (χ0n) is 17.2. The zero-order chi connectivity index (χ0) is 23.0. The summed E-state index contributed by atoms with van der Waals surface area (Å²) in [5.74, 6) is 0.0861. The van der Waals surface area contributed by atoms with Crippen LogP contribution in [0.2, 0.25) is 0 Å².